The van der Waals surface area contributed by atoms with Crippen LogP contribution in [0.5, 0.6) is 5.75 Å². The molecular formula is C22H29NO. The summed E-state index contributed by atoms with van der Waals surface area (Å²) in [6.45, 7) is 11.7. The van der Waals surface area contributed by atoms with Crippen molar-refractivity contribution in [1.82, 2.24) is 0 Å². The monoisotopic (exact) mass is 323 g/mol. The van der Waals surface area contributed by atoms with Crippen LogP contribution in [-0.2, 0) is 10.8 Å². The van der Waals surface area contributed by atoms with Gasteiger partial charge < -0.3 is 10.1 Å². The molecule has 0 amide bonds. The topological polar surface area (TPSA) is 21.3 Å². The molecule has 0 bridgehead atoms. The maximum atomic E-state index is 5.24. The van der Waals surface area contributed by atoms with Gasteiger partial charge in [0.05, 0.1) is 7.11 Å². The van der Waals surface area contributed by atoms with E-state index >= 15 is 0 Å². The highest BCUT2D eigenvalue weighted by Crippen LogP contribution is 2.47. The highest BCUT2D eigenvalue weighted by molar-refractivity contribution is 5.66. The Hall–Kier alpha value is -1.96. The molecule has 128 valence electrons. The third kappa shape index (κ3) is 3.02. The van der Waals surface area contributed by atoms with Gasteiger partial charge in [0, 0.05) is 11.4 Å². The molecular weight excluding hydrogens is 294 g/mol. The first kappa shape index (κ1) is 16.9. The summed E-state index contributed by atoms with van der Waals surface area (Å²) in [5, 5.41) is 3.58. The normalized spacial score (nSPS) is 17.9. The van der Waals surface area contributed by atoms with Crippen molar-refractivity contribution in [3.05, 3.63) is 53.1 Å². The number of hydrogen-bond donors (Lipinski definition) is 1. The first-order chi connectivity index (χ1) is 11.2. The predicted octanol–water partition coefficient (Wildman–Crippen LogP) is 6.10. The Morgan fingerprint density at radius 2 is 1.42 bits per heavy atom. The minimum Gasteiger partial charge on any atom is -0.497 e. The summed E-state index contributed by atoms with van der Waals surface area (Å²) in [5.41, 5.74) is 7.08. The molecule has 0 aromatic heterocycles. The molecule has 2 nitrogen and oxygen atoms in total. The Kier molecular flexibility index (Phi) is 4.11. The molecule has 0 aliphatic heterocycles. The van der Waals surface area contributed by atoms with E-state index in [9.17, 15) is 0 Å². The second-order valence-electron chi connectivity index (χ2n) is 8.33. The molecule has 0 unspecified atom stereocenters. The number of fused-ring (bicyclic) bond motifs is 1. The third-order valence-corrected chi connectivity index (χ3v) is 5.57. The van der Waals surface area contributed by atoms with E-state index in [1.165, 1.54) is 35.2 Å². The summed E-state index contributed by atoms with van der Waals surface area (Å²) in [6, 6.07) is 12.9. The van der Waals surface area contributed by atoms with Gasteiger partial charge in [-0.1, -0.05) is 33.8 Å². The lowest BCUT2D eigenvalue weighted by Gasteiger charge is -2.42. The average Bonchev–Trinajstić information content (AvgIpc) is 2.54. The summed E-state index contributed by atoms with van der Waals surface area (Å²) in [4.78, 5) is 0. The molecule has 0 saturated carbocycles. The van der Waals surface area contributed by atoms with Crippen LogP contribution >= 0.6 is 0 Å². The number of nitrogens with one attached hydrogen (secondary N) is 1. The fourth-order valence-electron chi connectivity index (χ4n) is 3.69. The van der Waals surface area contributed by atoms with Crippen LogP contribution in [0.15, 0.2) is 36.4 Å². The van der Waals surface area contributed by atoms with Crippen molar-refractivity contribution in [3.63, 3.8) is 0 Å². The molecule has 0 radical (unpaired) electrons. The highest BCUT2D eigenvalue weighted by atomic mass is 16.5. The van der Waals surface area contributed by atoms with Crippen LogP contribution in [0, 0.1) is 6.92 Å². The van der Waals surface area contributed by atoms with Crippen molar-refractivity contribution < 1.29 is 4.74 Å². The molecule has 0 heterocycles. The smallest absolute Gasteiger partial charge is 0.119 e. The molecule has 2 aromatic rings. The summed E-state index contributed by atoms with van der Waals surface area (Å²) >= 11 is 0. The van der Waals surface area contributed by atoms with Crippen LogP contribution in [0.2, 0.25) is 0 Å². The van der Waals surface area contributed by atoms with Crippen LogP contribution in [0.1, 0.15) is 57.2 Å². The Morgan fingerprint density at radius 3 is 1.96 bits per heavy atom. The molecule has 24 heavy (non-hydrogen) atoms. The third-order valence-electron chi connectivity index (χ3n) is 5.57. The zero-order valence-corrected chi connectivity index (χ0v) is 15.8. The fraction of sp³-hybridized carbons (Fsp3) is 0.455. The van der Waals surface area contributed by atoms with Gasteiger partial charge in [-0.3, -0.25) is 0 Å². The summed E-state index contributed by atoms with van der Waals surface area (Å²) in [5.74, 6) is 0.880. The van der Waals surface area contributed by atoms with Gasteiger partial charge in [0.1, 0.15) is 5.75 Å². The molecule has 1 aliphatic carbocycles. The summed E-state index contributed by atoms with van der Waals surface area (Å²) in [6.07, 6.45) is 2.48. The molecule has 3 rings (SSSR count). The Bertz CT molecular complexity index is 741. The van der Waals surface area contributed by atoms with Gasteiger partial charge in [-0.05, 0) is 77.6 Å². The van der Waals surface area contributed by atoms with Gasteiger partial charge in [0.15, 0.2) is 0 Å². The van der Waals surface area contributed by atoms with Crippen LogP contribution < -0.4 is 10.1 Å². The number of methoxy groups -OCH3 is 1. The van der Waals surface area contributed by atoms with Crippen molar-refractivity contribution in [2.24, 2.45) is 0 Å². The SMILES string of the molecule is COc1ccc(Nc2cc3c(cc2C)C(C)(C)CCC3(C)C)cc1. The molecule has 0 atom stereocenters. The molecule has 2 aromatic carbocycles. The summed E-state index contributed by atoms with van der Waals surface area (Å²) in [7, 11) is 1.69. The van der Waals surface area contributed by atoms with E-state index < -0.39 is 0 Å². The number of benzene rings is 2. The van der Waals surface area contributed by atoms with Crippen LogP contribution in [0.3, 0.4) is 0 Å². The van der Waals surface area contributed by atoms with Crippen LogP contribution in [0.25, 0.3) is 0 Å². The minimum atomic E-state index is 0.231. The lowest BCUT2D eigenvalue weighted by atomic mass is 9.63. The van der Waals surface area contributed by atoms with Gasteiger partial charge in [0.25, 0.3) is 0 Å². The molecule has 0 fully saturated rings. The quantitative estimate of drug-likeness (QED) is 0.737. The number of ether oxygens (including phenoxy) is 1. The first-order valence-electron chi connectivity index (χ1n) is 8.80. The van der Waals surface area contributed by atoms with Crippen molar-refractivity contribution >= 4 is 11.4 Å². The zero-order chi connectivity index (χ0) is 17.5. The van der Waals surface area contributed by atoms with Crippen molar-refractivity contribution in [2.75, 3.05) is 12.4 Å². The van der Waals surface area contributed by atoms with E-state index in [1.807, 2.05) is 12.1 Å². The Balaban J connectivity index is 2.00. The number of hydrogen-bond acceptors (Lipinski definition) is 2. The Morgan fingerprint density at radius 1 is 0.875 bits per heavy atom. The van der Waals surface area contributed by atoms with Gasteiger partial charge in [-0.2, -0.15) is 0 Å². The predicted molar refractivity (Wildman–Crippen MR) is 103 cm³/mol. The molecule has 0 saturated heterocycles. The fourth-order valence-corrected chi connectivity index (χ4v) is 3.69. The van der Waals surface area contributed by atoms with Crippen LogP contribution in [-0.4, -0.2) is 7.11 Å². The van der Waals surface area contributed by atoms with E-state index in [0.717, 1.165) is 11.4 Å². The maximum absolute atomic E-state index is 5.24. The molecule has 2 heteroatoms. The zero-order valence-electron chi connectivity index (χ0n) is 15.8. The minimum absolute atomic E-state index is 0.231. The molecule has 0 spiro atoms. The van der Waals surface area contributed by atoms with E-state index in [2.05, 4.69) is 64.2 Å². The van der Waals surface area contributed by atoms with Crippen molar-refractivity contribution in [2.45, 2.75) is 58.3 Å². The highest BCUT2D eigenvalue weighted by Gasteiger charge is 2.37. The van der Waals surface area contributed by atoms with Crippen molar-refractivity contribution in [3.8, 4) is 5.75 Å². The molecule has 1 aliphatic rings. The standard InChI is InChI=1S/C22H29NO/c1-15-13-18-19(22(4,5)12-11-21(18,2)3)14-20(15)23-16-7-9-17(24-6)10-8-16/h7-10,13-14,23H,11-12H2,1-6H3. The van der Waals surface area contributed by atoms with Gasteiger partial charge in [0.2, 0.25) is 0 Å². The average molecular weight is 323 g/mol. The summed E-state index contributed by atoms with van der Waals surface area (Å²) < 4.78 is 5.24. The maximum Gasteiger partial charge on any atom is 0.119 e. The van der Waals surface area contributed by atoms with E-state index in [-0.39, 0.29) is 10.8 Å². The largest absolute Gasteiger partial charge is 0.497 e. The lowest BCUT2D eigenvalue weighted by Crippen LogP contribution is -2.34. The Labute approximate surface area is 146 Å². The lowest BCUT2D eigenvalue weighted by molar-refractivity contribution is 0.332. The number of aryl methyl sites for hydroxylation is 1. The molecule has 1 N–H and O–H groups in total. The van der Waals surface area contributed by atoms with E-state index in [0.29, 0.717) is 0 Å². The first-order valence-corrected chi connectivity index (χ1v) is 8.80. The van der Waals surface area contributed by atoms with E-state index in [4.69, 9.17) is 4.74 Å². The van der Waals surface area contributed by atoms with Gasteiger partial charge >= 0.3 is 0 Å². The van der Waals surface area contributed by atoms with Gasteiger partial charge in [-0.25, -0.2) is 0 Å². The van der Waals surface area contributed by atoms with E-state index in [1.54, 1.807) is 7.11 Å². The van der Waals surface area contributed by atoms with Crippen molar-refractivity contribution in [1.29, 1.82) is 0 Å². The number of anilines is 2. The van der Waals surface area contributed by atoms with Gasteiger partial charge in [-0.15, -0.1) is 0 Å². The second kappa shape index (κ2) is 5.84. The number of rotatable bonds is 3. The van der Waals surface area contributed by atoms with Crippen LogP contribution in [0.4, 0.5) is 11.4 Å². The second-order valence-corrected chi connectivity index (χ2v) is 8.33.